The van der Waals surface area contributed by atoms with Gasteiger partial charge in [0.1, 0.15) is 5.75 Å². The van der Waals surface area contributed by atoms with E-state index in [1.165, 1.54) is 5.56 Å². The second kappa shape index (κ2) is 9.55. The fraction of sp³-hybridized carbons (Fsp3) is 0.217. The van der Waals surface area contributed by atoms with Gasteiger partial charge in [-0.1, -0.05) is 54.6 Å². The van der Waals surface area contributed by atoms with E-state index in [1.54, 1.807) is 19.2 Å². The van der Waals surface area contributed by atoms with Gasteiger partial charge in [-0.3, -0.25) is 4.79 Å². The van der Waals surface area contributed by atoms with E-state index in [0.717, 1.165) is 23.6 Å². The van der Waals surface area contributed by atoms with E-state index >= 15 is 0 Å². The number of rotatable bonds is 8. The number of ether oxygens (including phenoxy) is 2. The summed E-state index contributed by atoms with van der Waals surface area (Å²) in [6, 6.07) is 20.9. The van der Waals surface area contributed by atoms with Crippen LogP contribution in [0.25, 0.3) is 10.8 Å². The number of benzene rings is 3. The molecule has 0 aromatic heterocycles. The number of methoxy groups -OCH3 is 1. The Bertz CT molecular complexity index is 953. The van der Waals surface area contributed by atoms with Crippen molar-refractivity contribution in [3.05, 3.63) is 77.9 Å². The molecule has 144 valence electrons. The largest absolute Gasteiger partial charge is 0.496 e. The molecule has 0 heterocycles. The number of hydrogen-bond acceptors (Lipinski definition) is 4. The van der Waals surface area contributed by atoms with Crippen LogP contribution in [0.3, 0.4) is 0 Å². The summed E-state index contributed by atoms with van der Waals surface area (Å²) in [4.78, 5) is 24.4. The summed E-state index contributed by atoms with van der Waals surface area (Å²) in [5.74, 6) is -0.152. The van der Waals surface area contributed by atoms with Gasteiger partial charge >= 0.3 is 5.97 Å². The number of amides is 1. The summed E-state index contributed by atoms with van der Waals surface area (Å²) in [5.41, 5.74) is 1.64. The maximum Gasteiger partial charge on any atom is 0.339 e. The lowest BCUT2D eigenvalue weighted by Crippen LogP contribution is -2.29. The second-order valence-corrected chi connectivity index (χ2v) is 6.38. The van der Waals surface area contributed by atoms with Gasteiger partial charge in [-0.2, -0.15) is 0 Å². The van der Waals surface area contributed by atoms with Crippen molar-refractivity contribution in [1.82, 2.24) is 5.32 Å². The Labute approximate surface area is 164 Å². The van der Waals surface area contributed by atoms with Crippen LogP contribution in [0.4, 0.5) is 0 Å². The van der Waals surface area contributed by atoms with E-state index in [-0.39, 0.29) is 12.5 Å². The molecule has 0 saturated heterocycles. The molecule has 0 fully saturated rings. The lowest BCUT2D eigenvalue weighted by Gasteiger charge is -2.10. The molecule has 1 N–H and O–H groups in total. The van der Waals surface area contributed by atoms with E-state index in [0.29, 0.717) is 17.9 Å². The molecule has 0 saturated carbocycles. The van der Waals surface area contributed by atoms with Gasteiger partial charge < -0.3 is 14.8 Å². The molecule has 0 bridgehead atoms. The third-order valence-corrected chi connectivity index (χ3v) is 4.47. The van der Waals surface area contributed by atoms with Crippen LogP contribution in [0, 0.1) is 0 Å². The maximum absolute atomic E-state index is 12.4. The van der Waals surface area contributed by atoms with Crippen molar-refractivity contribution >= 4 is 22.6 Å². The van der Waals surface area contributed by atoms with Crippen LogP contribution in [0.1, 0.15) is 22.3 Å². The first-order valence-corrected chi connectivity index (χ1v) is 9.22. The van der Waals surface area contributed by atoms with Crippen molar-refractivity contribution in [3.63, 3.8) is 0 Å². The van der Waals surface area contributed by atoms with Gasteiger partial charge in [0.25, 0.3) is 5.91 Å². The molecule has 0 unspecified atom stereocenters. The summed E-state index contributed by atoms with van der Waals surface area (Å²) >= 11 is 0. The highest BCUT2D eigenvalue weighted by atomic mass is 16.5. The number of carbonyl (C=O) groups is 2. The molecule has 0 radical (unpaired) electrons. The Balaban J connectivity index is 1.50. The lowest BCUT2D eigenvalue weighted by molar-refractivity contribution is -0.124. The third-order valence-electron chi connectivity index (χ3n) is 4.47. The molecule has 0 aliphatic rings. The standard InChI is InChI=1S/C23H23NO4/c1-27-21-14-13-20(18-11-5-6-12-19(18)21)23(26)28-16-22(25)24-15-7-10-17-8-3-2-4-9-17/h2-6,8-9,11-14H,7,10,15-16H2,1H3,(H,24,25). The Morgan fingerprint density at radius 2 is 1.61 bits per heavy atom. The Hall–Kier alpha value is -3.34. The quantitative estimate of drug-likeness (QED) is 0.480. The Morgan fingerprint density at radius 3 is 2.36 bits per heavy atom. The highest BCUT2D eigenvalue weighted by Gasteiger charge is 2.15. The van der Waals surface area contributed by atoms with Crippen molar-refractivity contribution in [2.24, 2.45) is 0 Å². The van der Waals surface area contributed by atoms with Crippen molar-refractivity contribution < 1.29 is 19.1 Å². The molecule has 3 aromatic carbocycles. The average Bonchev–Trinajstić information content (AvgIpc) is 2.75. The van der Waals surface area contributed by atoms with Crippen molar-refractivity contribution in [2.75, 3.05) is 20.3 Å². The maximum atomic E-state index is 12.4. The van der Waals surface area contributed by atoms with E-state index in [2.05, 4.69) is 17.4 Å². The summed E-state index contributed by atoms with van der Waals surface area (Å²) in [5, 5.41) is 4.33. The van der Waals surface area contributed by atoms with Crippen LogP contribution < -0.4 is 10.1 Å². The molecule has 5 heteroatoms. The molecule has 0 aliphatic heterocycles. The Morgan fingerprint density at radius 1 is 0.893 bits per heavy atom. The van der Waals surface area contributed by atoms with Gasteiger partial charge in [-0.15, -0.1) is 0 Å². The molecule has 0 atom stereocenters. The number of esters is 1. The minimum Gasteiger partial charge on any atom is -0.496 e. The van der Waals surface area contributed by atoms with Crippen molar-refractivity contribution in [2.45, 2.75) is 12.8 Å². The topological polar surface area (TPSA) is 64.6 Å². The molecule has 28 heavy (non-hydrogen) atoms. The predicted octanol–water partition coefficient (Wildman–Crippen LogP) is 3.75. The number of carbonyl (C=O) groups excluding carboxylic acids is 2. The molecule has 0 aliphatic carbocycles. The fourth-order valence-corrected chi connectivity index (χ4v) is 3.05. The molecule has 3 aromatic rings. The average molecular weight is 377 g/mol. The number of aryl methyl sites for hydroxylation is 1. The molecule has 3 rings (SSSR count). The van der Waals surface area contributed by atoms with Crippen LogP contribution in [0.2, 0.25) is 0 Å². The highest BCUT2D eigenvalue weighted by Crippen LogP contribution is 2.28. The van der Waals surface area contributed by atoms with Crippen LogP contribution in [0.15, 0.2) is 66.7 Å². The summed E-state index contributed by atoms with van der Waals surface area (Å²) in [6.45, 7) is 0.237. The highest BCUT2D eigenvalue weighted by molar-refractivity contribution is 6.06. The molecule has 5 nitrogen and oxygen atoms in total. The summed E-state index contributed by atoms with van der Waals surface area (Å²) < 4.78 is 10.5. The molecule has 0 spiro atoms. The van der Waals surface area contributed by atoms with E-state index in [9.17, 15) is 9.59 Å². The minimum absolute atomic E-state index is 0.301. The van der Waals surface area contributed by atoms with Crippen LogP contribution >= 0.6 is 0 Å². The molecular formula is C23H23NO4. The van der Waals surface area contributed by atoms with Gasteiger partial charge in [0.2, 0.25) is 0 Å². The van der Waals surface area contributed by atoms with E-state index < -0.39 is 5.97 Å². The smallest absolute Gasteiger partial charge is 0.339 e. The lowest BCUT2D eigenvalue weighted by atomic mass is 10.0. The zero-order valence-electron chi connectivity index (χ0n) is 15.8. The molecule has 1 amide bonds. The second-order valence-electron chi connectivity index (χ2n) is 6.38. The zero-order chi connectivity index (χ0) is 19.8. The van der Waals surface area contributed by atoms with Gasteiger partial charge in [0.05, 0.1) is 12.7 Å². The monoisotopic (exact) mass is 377 g/mol. The van der Waals surface area contributed by atoms with Crippen LogP contribution in [-0.4, -0.2) is 32.1 Å². The van der Waals surface area contributed by atoms with E-state index in [4.69, 9.17) is 9.47 Å². The zero-order valence-corrected chi connectivity index (χ0v) is 15.8. The summed E-state index contributed by atoms with van der Waals surface area (Å²) in [6.07, 6.45) is 1.71. The number of nitrogens with one attached hydrogen (secondary N) is 1. The van der Waals surface area contributed by atoms with Crippen LogP contribution in [-0.2, 0) is 16.0 Å². The first-order valence-electron chi connectivity index (χ1n) is 9.22. The Kier molecular flexibility index (Phi) is 6.63. The molecular weight excluding hydrogens is 354 g/mol. The first-order chi connectivity index (χ1) is 13.7. The third kappa shape index (κ3) is 4.88. The van der Waals surface area contributed by atoms with Gasteiger partial charge in [-0.05, 0) is 35.9 Å². The number of fused-ring (bicyclic) bond motifs is 1. The van der Waals surface area contributed by atoms with Crippen molar-refractivity contribution in [3.8, 4) is 5.75 Å². The van der Waals surface area contributed by atoms with Gasteiger partial charge in [-0.25, -0.2) is 4.79 Å². The first kappa shape index (κ1) is 19.4. The van der Waals surface area contributed by atoms with E-state index in [1.807, 2.05) is 42.5 Å². The van der Waals surface area contributed by atoms with Crippen molar-refractivity contribution in [1.29, 1.82) is 0 Å². The van der Waals surface area contributed by atoms with Crippen LogP contribution in [0.5, 0.6) is 5.75 Å². The summed E-state index contributed by atoms with van der Waals surface area (Å²) in [7, 11) is 1.59. The number of hydrogen-bond donors (Lipinski definition) is 1. The minimum atomic E-state index is -0.529. The fourth-order valence-electron chi connectivity index (χ4n) is 3.05. The van der Waals surface area contributed by atoms with Gasteiger partial charge in [0.15, 0.2) is 6.61 Å². The predicted molar refractivity (Wildman–Crippen MR) is 109 cm³/mol. The SMILES string of the molecule is COc1ccc(C(=O)OCC(=O)NCCCc2ccccc2)c2ccccc12. The van der Waals surface area contributed by atoms with Gasteiger partial charge in [0, 0.05) is 11.9 Å². The normalized spacial score (nSPS) is 10.5.